The highest BCUT2D eigenvalue weighted by Crippen LogP contribution is 2.24. The lowest BCUT2D eigenvalue weighted by molar-refractivity contribution is 0.413. The molecule has 0 aliphatic carbocycles. The van der Waals surface area contributed by atoms with Gasteiger partial charge in [0.2, 0.25) is 0 Å². The van der Waals surface area contributed by atoms with Crippen molar-refractivity contribution in [1.82, 2.24) is 5.32 Å². The maximum atomic E-state index is 5.32. The van der Waals surface area contributed by atoms with Gasteiger partial charge in [-0.2, -0.15) is 0 Å². The Morgan fingerprint density at radius 1 is 1.29 bits per heavy atom. The van der Waals surface area contributed by atoms with E-state index in [1.54, 1.807) is 7.11 Å². The average Bonchev–Trinajstić information content (AvgIpc) is 2.90. The minimum Gasteiger partial charge on any atom is -0.497 e. The molecule has 1 unspecified atom stereocenters. The fourth-order valence-electron chi connectivity index (χ4n) is 2.44. The lowest BCUT2D eigenvalue weighted by Crippen LogP contribution is -2.25. The zero-order chi connectivity index (χ0) is 15.1. The summed E-state index contributed by atoms with van der Waals surface area (Å²) in [7, 11) is 1.72. The number of hydrogen-bond donors (Lipinski definition) is 1. The highest BCUT2D eigenvalue weighted by atomic mass is 79.9. The summed E-state index contributed by atoms with van der Waals surface area (Å²) in [5.41, 5.74) is 1.34. The van der Waals surface area contributed by atoms with E-state index >= 15 is 0 Å². The summed E-state index contributed by atoms with van der Waals surface area (Å²) in [5.74, 6) is 1.54. The largest absolute Gasteiger partial charge is 0.497 e. The van der Waals surface area contributed by atoms with E-state index in [0.717, 1.165) is 31.7 Å². The molecule has 1 atom stereocenters. The third-order valence-corrected chi connectivity index (χ3v) is 5.17. The van der Waals surface area contributed by atoms with Crippen LogP contribution in [0.15, 0.2) is 40.2 Å². The van der Waals surface area contributed by atoms with Gasteiger partial charge in [-0.15, -0.1) is 11.3 Å². The van der Waals surface area contributed by atoms with Crippen molar-refractivity contribution in [2.24, 2.45) is 5.92 Å². The summed E-state index contributed by atoms with van der Waals surface area (Å²) in [4.78, 5) is 1.44. The Labute approximate surface area is 139 Å². The Balaban J connectivity index is 2.04. The Morgan fingerprint density at radius 3 is 2.81 bits per heavy atom. The number of benzene rings is 1. The summed E-state index contributed by atoms with van der Waals surface area (Å²) in [6.07, 6.45) is 2.18. The molecule has 0 fully saturated rings. The predicted octanol–water partition coefficient (Wildman–Crippen LogP) is 4.53. The lowest BCUT2D eigenvalue weighted by atomic mass is 9.95. The van der Waals surface area contributed by atoms with Gasteiger partial charge in [0, 0.05) is 14.7 Å². The topological polar surface area (TPSA) is 21.3 Å². The summed E-state index contributed by atoms with van der Waals surface area (Å²) < 4.78 is 6.51. The number of ether oxygens (including phenoxy) is 1. The molecule has 0 spiro atoms. The van der Waals surface area contributed by atoms with Crippen molar-refractivity contribution in [3.63, 3.8) is 0 Å². The van der Waals surface area contributed by atoms with Crippen molar-refractivity contribution < 1.29 is 4.74 Å². The van der Waals surface area contributed by atoms with Gasteiger partial charge in [0.05, 0.1) is 7.11 Å². The Kier molecular flexibility index (Phi) is 6.74. The minimum atomic E-state index is 0.600. The van der Waals surface area contributed by atoms with Crippen LogP contribution in [0.2, 0.25) is 0 Å². The van der Waals surface area contributed by atoms with Crippen LogP contribution in [0.4, 0.5) is 0 Å². The van der Waals surface area contributed by atoms with Crippen LogP contribution < -0.4 is 10.1 Å². The van der Waals surface area contributed by atoms with E-state index in [9.17, 15) is 0 Å². The molecule has 0 aliphatic rings. The van der Waals surface area contributed by atoms with E-state index in [0.29, 0.717) is 5.92 Å². The van der Waals surface area contributed by atoms with Crippen LogP contribution in [0.5, 0.6) is 5.75 Å². The average molecular weight is 368 g/mol. The molecule has 0 amide bonds. The zero-order valence-electron chi connectivity index (χ0n) is 12.6. The van der Waals surface area contributed by atoms with Crippen LogP contribution in [0.1, 0.15) is 17.4 Å². The first-order chi connectivity index (χ1) is 10.2. The molecule has 2 aromatic rings. The van der Waals surface area contributed by atoms with Gasteiger partial charge in [0.25, 0.3) is 0 Å². The van der Waals surface area contributed by atoms with Gasteiger partial charge in [-0.1, -0.05) is 19.1 Å². The number of nitrogens with one attached hydrogen (secondary N) is 1. The van der Waals surface area contributed by atoms with Gasteiger partial charge in [0.15, 0.2) is 0 Å². The maximum absolute atomic E-state index is 5.32. The second-order valence-corrected chi connectivity index (χ2v) is 7.08. The standard InChI is InChI=1S/C17H22BrNOS/c1-3-19-11-14(9-17-10-15(18)12-21-17)7-13-5-4-6-16(8-13)20-2/h4-6,8,10,12,14,19H,3,7,9,11H2,1-2H3. The molecule has 2 nitrogen and oxygen atoms in total. The first-order valence-corrected chi connectivity index (χ1v) is 8.95. The fourth-order valence-corrected chi connectivity index (χ4v) is 4.01. The van der Waals surface area contributed by atoms with Crippen LogP contribution >= 0.6 is 27.3 Å². The molecule has 1 aromatic carbocycles. The van der Waals surface area contributed by atoms with Crippen LogP contribution in [-0.4, -0.2) is 20.2 Å². The number of thiophene rings is 1. The highest BCUT2D eigenvalue weighted by Gasteiger charge is 2.12. The number of methoxy groups -OCH3 is 1. The maximum Gasteiger partial charge on any atom is 0.119 e. The summed E-state index contributed by atoms with van der Waals surface area (Å²) in [6.45, 7) is 4.22. The molecule has 1 heterocycles. The summed E-state index contributed by atoms with van der Waals surface area (Å²) >= 11 is 5.37. The van der Waals surface area contributed by atoms with Crippen molar-refractivity contribution in [2.45, 2.75) is 19.8 Å². The van der Waals surface area contributed by atoms with Gasteiger partial charge in [0.1, 0.15) is 5.75 Å². The molecule has 0 bridgehead atoms. The number of halogens is 1. The zero-order valence-corrected chi connectivity index (χ0v) is 15.0. The fraction of sp³-hybridized carbons (Fsp3) is 0.412. The molecular weight excluding hydrogens is 346 g/mol. The normalized spacial score (nSPS) is 12.3. The Hall–Kier alpha value is -0.840. The van der Waals surface area contributed by atoms with Crippen molar-refractivity contribution in [2.75, 3.05) is 20.2 Å². The molecule has 1 aromatic heterocycles. The van der Waals surface area contributed by atoms with Gasteiger partial charge in [-0.25, -0.2) is 0 Å². The number of hydrogen-bond acceptors (Lipinski definition) is 3. The molecule has 0 saturated heterocycles. The molecule has 4 heteroatoms. The third-order valence-electron chi connectivity index (χ3n) is 3.45. The molecule has 1 N–H and O–H groups in total. The molecule has 21 heavy (non-hydrogen) atoms. The van der Waals surface area contributed by atoms with E-state index < -0.39 is 0 Å². The molecular formula is C17H22BrNOS. The molecule has 0 aliphatic heterocycles. The monoisotopic (exact) mass is 367 g/mol. The Morgan fingerprint density at radius 2 is 2.14 bits per heavy atom. The van der Waals surface area contributed by atoms with Gasteiger partial charge < -0.3 is 10.1 Å². The second-order valence-electron chi connectivity index (χ2n) is 5.16. The highest BCUT2D eigenvalue weighted by molar-refractivity contribution is 9.10. The van der Waals surface area contributed by atoms with Crippen molar-refractivity contribution in [3.05, 3.63) is 50.6 Å². The summed E-state index contributed by atoms with van der Waals surface area (Å²) in [6, 6.07) is 10.6. The third kappa shape index (κ3) is 5.46. The second kappa shape index (κ2) is 8.57. The number of rotatable bonds is 8. The van der Waals surface area contributed by atoms with E-state index in [1.807, 2.05) is 17.4 Å². The lowest BCUT2D eigenvalue weighted by Gasteiger charge is -2.17. The molecule has 0 radical (unpaired) electrons. The van der Waals surface area contributed by atoms with Crippen molar-refractivity contribution in [3.8, 4) is 5.75 Å². The summed E-state index contributed by atoms with van der Waals surface area (Å²) in [5, 5.41) is 5.64. The van der Waals surface area contributed by atoms with Crippen molar-refractivity contribution >= 4 is 27.3 Å². The quantitative estimate of drug-likeness (QED) is 0.739. The first-order valence-electron chi connectivity index (χ1n) is 7.27. The van der Waals surface area contributed by atoms with E-state index in [4.69, 9.17) is 4.74 Å². The van der Waals surface area contributed by atoms with E-state index in [2.05, 4.69) is 57.8 Å². The van der Waals surface area contributed by atoms with E-state index in [1.165, 1.54) is 14.9 Å². The molecule has 2 rings (SSSR count). The Bertz CT molecular complexity index is 555. The van der Waals surface area contributed by atoms with Gasteiger partial charge >= 0.3 is 0 Å². The van der Waals surface area contributed by atoms with Gasteiger partial charge in [-0.3, -0.25) is 0 Å². The first kappa shape index (κ1) is 16.5. The minimum absolute atomic E-state index is 0.600. The molecule has 114 valence electrons. The van der Waals surface area contributed by atoms with Crippen LogP contribution in [0, 0.1) is 5.92 Å². The van der Waals surface area contributed by atoms with Crippen LogP contribution in [0.25, 0.3) is 0 Å². The van der Waals surface area contributed by atoms with Gasteiger partial charge in [-0.05, 0) is 71.5 Å². The molecule has 0 saturated carbocycles. The SMILES string of the molecule is CCNCC(Cc1cccc(OC)c1)Cc1cc(Br)cs1. The predicted molar refractivity (Wildman–Crippen MR) is 94.5 cm³/mol. The van der Waals surface area contributed by atoms with Crippen LogP contribution in [-0.2, 0) is 12.8 Å². The smallest absolute Gasteiger partial charge is 0.119 e. The van der Waals surface area contributed by atoms with E-state index in [-0.39, 0.29) is 0 Å². The van der Waals surface area contributed by atoms with Crippen LogP contribution in [0.3, 0.4) is 0 Å². The van der Waals surface area contributed by atoms with Crippen molar-refractivity contribution in [1.29, 1.82) is 0 Å².